The van der Waals surface area contributed by atoms with Gasteiger partial charge in [0.15, 0.2) is 5.79 Å². The van der Waals surface area contributed by atoms with Crippen LogP contribution in [0.15, 0.2) is 0 Å². The predicted molar refractivity (Wildman–Crippen MR) is 202 cm³/mol. The molecule has 0 amide bonds. The summed E-state index contributed by atoms with van der Waals surface area (Å²) in [5, 5.41) is 0. The topological polar surface area (TPSA) is 81.7 Å². The molecule has 0 aromatic rings. The summed E-state index contributed by atoms with van der Waals surface area (Å²) >= 11 is 0. The fourth-order valence-corrected chi connectivity index (χ4v) is 17.5. The smallest absolute Gasteiger partial charge is 0.200 e. The quantitative estimate of drug-likeness (QED) is 0.181. The molecule has 294 valence electrons. The molecule has 0 aromatic heterocycles. The Morgan fingerprint density at radius 2 is 1.29 bits per heavy atom. The maximum atomic E-state index is 11.9. The van der Waals surface area contributed by atoms with E-state index in [-0.39, 0.29) is 78.6 Å². The third-order valence-electron chi connectivity index (χ3n) is 15.5. The van der Waals surface area contributed by atoms with Gasteiger partial charge in [0.2, 0.25) is 8.32 Å². The highest BCUT2D eigenvalue weighted by molar-refractivity contribution is 6.77. The third-order valence-corrected chi connectivity index (χ3v) is 21.6. The first-order valence-corrected chi connectivity index (χ1v) is 23.2. The number of hydrogen-bond donors (Lipinski definition) is 0. The van der Waals surface area contributed by atoms with Crippen molar-refractivity contribution in [3.05, 3.63) is 0 Å². The summed E-state index contributed by atoms with van der Waals surface area (Å²) in [6, 6.07) is 0. The summed E-state index contributed by atoms with van der Waals surface area (Å²) in [6.45, 7) is 30.9. The largest absolute Gasteiger partial charge is 0.410 e. The molecule has 6 rings (SSSR count). The number of aldehydes is 1. The van der Waals surface area contributed by atoms with Gasteiger partial charge in [-0.15, -0.1) is 0 Å². The Morgan fingerprint density at radius 1 is 0.706 bits per heavy atom. The highest BCUT2D eigenvalue weighted by atomic mass is 28.4. The Morgan fingerprint density at radius 3 is 1.90 bits per heavy atom. The summed E-state index contributed by atoms with van der Waals surface area (Å²) in [4.78, 5) is 11.9. The van der Waals surface area contributed by atoms with E-state index in [9.17, 15) is 4.79 Å². The molecule has 6 fully saturated rings. The monoisotopic (exact) mass is 735 g/mol. The van der Waals surface area contributed by atoms with Crippen LogP contribution in [0.1, 0.15) is 135 Å². The third kappa shape index (κ3) is 7.01. The van der Waals surface area contributed by atoms with E-state index in [1.54, 1.807) is 0 Å². The van der Waals surface area contributed by atoms with Crippen molar-refractivity contribution in [2.24, 2.45) is 35.5 Å². The van der Waals surface area contributed by atoms with Crippen LogP contribution in [0.25, 0.3) is 0 Å². The highest BCUT2D eigenvalue weighted by Gasteiger charge is 2.61. The van der Waals surface area contributed by atoms with E-state index >= 15 is 0 Å². The molecular formula is C42H74O8Si. The molecule has 0 saturated carbocycles. The summed E-state index contributed by atoms with van der Waals surface area (Å²) in [7, 11) is -2.27. The lowest BCUT2D eigenvalue weighted by molar-refractivity contribution is -0.335. The molecule has 0 bridgehead atoms. The molecular weight excluding hydrogens is 661 g/mol. The van der Waals surface area contributed by atoms with E-state index in [0.717, 1.165) is 51.4 Å². The second-order valence-corrected chi connectivity index (χ2v) is 24.7. The van der Waals surface area contributed by atoms with Crippen molar-refractivity contribution < 1.29 is 37.6 Å². The normalized spacial score (nSPS) is 48.3. The minimum Gasteiger partial charge on any atom is -0.410 e. The minimum atomic E-state index is -2.27. The predicted octanol–water partition coefficient (Wildman–Crippen LogP) is 8.88. The number of hydrogen-bond acceptors (Lipinski definition) is 8. The van der Waals surface area contributed by atoms with Crippen molar-refractivity contribution >= 4 is 14.6 Å². The summed E-state index contributed by atoms with van der Waals surface area (Å²) < 4.78 is 50.0. The molecule has 8 nitrogen and oxygen atoms in total. The van der Waals surface area contributed by atoms with E-state index in [1.165, 1.54) is 0 Å². The molecule has 1 unspecified atom stereocenters. The van der Waals surface area contributed by atoms with Gasteiger partial charge in [-0.25, -0.2) is 0 Å². The molecule has 0 N–H and O–H groups in total. The number of fused-ring (bicyclic) bond motifs is 4. The van der Waals surface area contributed by atoms with Crippen molar-refractivity contribution in [1.29, 1.82) is 0 Å². The van der Waals surface area contributed by atoms with Crippen LogP contribution in [0.3, 0.4) is 0 Å². The van der Waals surface area contributed by atoms with Gasteiger partial charge < -0.3 is 37.6 Å². The van der Waals surface area contributed by atoms with Gasteiger partial charge in [0, 0.05) is 31.6 Å². The zero-order valence-corrected chi connectivity index (χ0v) is 35.4. The molecule has 1 spiro atoms. The van der Waals surface area contributed by atoms with Gasteiger partial charge in [-0.05, 0) is 72.4 Å². The van der Waals surface area contributed by atoms with Gasteiger partial charge in [0.05, 0.1) is 67.1 Å². The van der Waals surface area contributed by atoms with Gasteiger partial charge in [-0.3, -0.25) is 0 Å². The van der Waals surface area contributed by atoms with Gasteiger partial charge >= 0.3 is 0 Å². The second-order valence-electron chi connectivity index (χ2n) is 19.3. The fraction of sp³-hybridized carbons (Fsp3) is 0.976. The average molecular weight is 735 g/mol. The van der Waals surface area contributed by atoms with E-state index in [1.807, 2.05) is 0 Å². The number of ether oxygens (including phenoxy) is 6. The van der Waals surface area contributed by atoms with Crippen LogP contribution in [0.5, 0.6) is 0 Å². The van der Waals surface area contributed by atoms with E-state index in [2.05, 4.69) is 90.0 Å². The van der Waals surface area contributed by atoms with Crippen LogP contribution >= 0.6 is 0 Å². The van der Waals surface area contributed by atoms with Crippen LogP contribution in [0, 0.1) is 35.5 Å². The average Bonchev–Trinajstić information content (AvgIpc) is 3.50. The molecule has 6 heterocycles. The van der Waals surface area contributed by atoms with Crippen LogP contribution in [-0.2, 0) is 37.6 Å². The van der Waals surface area contributed by atoms with Gasteiger partial charge in [0.1, 0.15) is 6.29 Å². The fourth-order valence-electron chi connectivity index (χ4n) is 11.9. The zero-order valence-electron chi connectivity index (χ0n) is 34.4. The molecule has 6 saturated heterocycles. The summed E-state index contributed by atoms with van der Waals surface area (Å²) in [5.41, 5.74) is 0.735. The molecule has 6 aliphatic heterocycles. The van der Waals surface area contributed by atoms with Gasteiger partial charge in [-0.2, -0.15) is 0 Å². The standard InChI is InChI=1S/C42H74O8Si/c1-23(2)51(24(3)4,25(5)6)50-37-22-34-35(48-41(37,13)27(8)15-17-43)20-26(7)19-32-33(45-34)21-36-38(46-32)28(9)29(10)40-39(47-36)30(11)31(12)42(49-40)16-14-18-44-42/h17,23-40H,14-16,18-22H2,1-13H3/t26-,27-,28+,29+,30+,31+,32+,33-,34+,35-,36+,37-,38-,39-,40+,41+,42?/m1/s1. The zero-order chi connectivity index (χ0) is 37.2. The Labute approximate surface area is 311 Å². The molecule has 0 radical (unpaired) electrons. The van der Waals surface area contributed by atoms with E-state index in [0.29, 0.717) is 34.9 Å². The van der Waals surface area contributed by atoms with Crippen molar-refractivity contribution in [3.63, 3.8) is 0 Å². The lowest BCUT2D eigenvalue weighted by Gasteiger charge is -2.56. The molecule has 17 atom stereocenters. The molecule has 51 heavy (non-hydrogen) atoms. The first-order valence-electron chi connectivity index (χ1n) is 21.1. The Hall–Kier alpha value is -0.393. The summed E-state index contributed by atoms with van der Waals surface area (Å²) in [5.74, 6) is 1.03. The number of carbonyl (C=O) groups is 1. The number of rotatable bonds is 8. The van der Waals surface area contributed by atoms with E-state index in [4.69, 9.17) is 32.8 Å². The summed E-state index contributed by atoms with van der Waals surface area (Å²) in [6.07, 6.45) is 6.35. The Balaban J connectivity index is 1.28. The molecule has 0 aliphatic carbocycles. The lowest BCUT2D eigenvalue weighted by atomic mass is 9.73. The molecule has 6 aliphatic rings. The van der Waals surface area contributed by atoms with Crippen LogP contribution in [0.2, 0.25) is 16.6 Å². The van der Waals surface area contributed by atoms with Crippen molar-refractivity contribution in [2.45, 2.75) is 218 Å². The maximum Gasteiger partial charge on any atom is 0.200 e. The first kappa shape index (κ1) is 40.3. The lowest BCUT2D eigenvalue weighted by Crippen LogP contribution is -2.65. The van der Waals surface area contributed by atoms with E-state index < -0.39 is 19.7 Å². The van der Waals surface area contributed by atoms with Gasteiger partial charge in [0.25, 0.3) is 0 Å². The van der Waals surface area contributed by atoms with Crippen molar-refractivity contribution in [2.75, 3.05) is 6.61 Å². The van der Waals surface area contributed by atoms with Crippen molar-refractivity contribution in [1.82, 2.24) is 0 Å². The van der Waals surface area contributed by atoms with Crippen molar-refractivity contribution in [3.8, 4) is 0 Å². The van der Waals surface area contributed by atoms with Gasteiger partial charge in [-0.1, -0.05) is 83.1 Å². The second kappa shape index (κ2) is 15.3. The Bertz CT molecular complexity index is 1170. The Kier molecular flexibility index (Phi) is 12.1. The first-order chi connectivity index (χ1) is 24.0. The van der Waals surface area contributed by atoms with Crippen LogP contribution < -0.4 is 0 Å². The van der Waals surface area contributed by atoms with Crippen LogP contribution in [0.4, 0.5) is 0 Å². The molecule has 9 heteroatoms. The maximum absolute atomic E-state index is 11.9. The SMILES string of the molecule is CC(C)[Si](O[C@@H]1C[C@@H]2O[C@@H]3C[C@@H]4O[C@@H]5[C@@H](C)[C@H](C)C6(CCCO6)O[C@H]5[C@@H](C)[C@H](C)[C@H]4O[C@H]3C[C@@H](C)C[C@H]2O[C@@]1(C)[C@H](C)CC=O)(C(C)C)C(C)C. The minimum absolute atomic E-state index is 0.000487. The molecule has 0 aromatic carbocycles. The highest BCUT2D eigenvalue weighted by Crippen LogP contribution is 2.53. The van der Waals surface area contributed by atoms with Crippen LogP contribution in [-0.4, -0.2) is 87.5 Å². The number of carbonyl (C=O) groups excluding carboxylic acids is 1.